The highest BCUT2D eigenvalue weighted by molar-refractivity contribution is 6.02. The van der Waals surface area contributed by atoms with Crippen LogP contribution in [0.1, 0.15) is 169 Å². The molecule has 2 heterocycles. The molecule has 4 rings (SSSR count). The van der Waals surface area contributed by atoms with E-state index in [1.54, 1.807) is 78.1 Å². The van der Waals surface area contributed by atoms with Crippen molar-refractivity contribution in [2.75, 3.05) is 26.3 Å². The SMILES string of the molecule is CC(=O)N[C@@H](CO)C(=O)N[C@@H](CCC(N)=O)C(=O)N[C@@H](CCC(=O)O)C(=O)N[C@H](C(=O)N[C@@H](Cc1ccccc1)C(=O)N[C@@H](CO)C(=O)N[C@@H](CC(=O)O)C(=O)N[C@@H](CC(C)C)C(=O)N[C@@H](Cc1c[nH]c2ccccc12)C(=O)N[C@@H](CCCCN)C(=O)N[C@@H](CC(C)C)C(=O)N[C@@H](CC(C)C)C(=O)N1CCC[C@H]1C(=O)N[C@@H](CCC(=O)O)C(=O)N[C@@H](CC(N)=O)C(N)=O)[C@@H](C)O. The summed E-state index contributed by atoms with van der Waals surface area (Å²) in [6.45, 7) is 10.1. The topological polar surface area (TPSA) is 771 Å². The number of H-pyrrole nitrogens is 1. The molecular formula is C84H126N20O27. The van der Waals surface area contributed by atoms with Crippen LogP contribution in [-0.4, -0.2) is 288 Å². The van der Waals surface area contributed by atoms with Gasteiger partial charge in [0.25, 0.3) is 0 Å². The summed E-state index contributed by atoms with van der Waals surface area (Å²) < 4.78 is 0. The Morgan fingerprint density at radius 2 is 0.824 bits per heavy atom. The maximum Gasteiger partial charge on any atom is 0.305 e. The van der Waals surface area contributed by atoms with E-state index in [0.717, 1.165) is 13.8 Å². The van der Waals surface area contributed by atoms with E-state index >= 15 is 9.59 Å². The van der Waals surface area contributed by atoms with Gasteiger partial charge in [0, 0.05) is 62.7 Å². The molecule has 47 heteroatoms. The Bertz CT molecular complexity index is 4510. The zero-order valence-electron chi connectivity index (χ0n) is 74.3. The number of rotatable bonds is 59. The van der Waals surface area contributed by atoms with Crippen LogP contribution in [0.2, 0.25) is 0 Å². The Kier molecular flexibility index (Phi) is 46.1. The molecule has 3 aromatic rings. The fourth-order valence-electron chi connectivity index (χ4n) is 14.1. The van der Waals surface area contributed by atoms with Crippen LogP contribution in [0.3, 0.4) is 0 Å². The van der Waals surface area contributed by atoms with Gasteiger partial charge in [0.05, 0.1) is 32.2 Å². The molecule has 1 aliphatic heterocycles. The summed E-state index contributed by atoms with van der Waals surface area (Å²) in [5, 5.41) is 94.9. The fraction of sp³-hybridized carbons (Fsp3) is 0.583. The maximum atomic E-state index is 15.2. The van der Waals surface area contributed by atoms with Crippen LogP contribution in [0.5, 0.6) is 0 Å². The second kappa shape index (κ2) is 54.9. The van der Waals surface area contributed by atoms with Gasteiger partial charge in [-0.1, -0.05) is 90.1 Å². The minimum atomic E-state index is -2.14. The van der Waals surface area contributed by atoms with Crippen molar-refractivity contribution in [3.63, 3.8) is 0 Å². The number of aliphatic hydroxyl groups excluding tert-OH is 3. The number of nitrogens with zero attached hydrogens (tertiary/aromatic N) is 1. The van der Waals surface area contributed by atoms with Crippen LogP contribution in [0, 0.1) is 17.8 Å². The predicted octanol–water partition coefficient (Wildman–Crippen LogP) is -6.79. The van der Waals surface area contributed by atoms with E-state index < -0.39 is 298 Å². The quantitative estimate of drug-likeness (QED) is 0.0234. The number of nitrogens with one attached hydrogen (secondary N) is 15. The molecule has 0 saturated carbocycles. The fourth-order valence-corrected chi connectivity index (χ4v) is 14.1. The summed E-state index contributed by atoms with van der Waals surface area (Å²) in [6, 6.07) is -11.0. The first kappa shape index (κ1) is 110. The van der Waals surface area contributed by atoms with Crippen molar-refractivity contribution in [2.24, 2.45) is 40.7 Å². The van der Waals surface area contributed by atoms with E-state index in [4.69, 9.17) is 22.9 Å². The Balaban J connectivity index is 1.65. The van der Waals surface area contributed by atoms with Gasteiger partial charge in [0.1, 0.15) is 90.6 Å². The lowest BCUT2D eigenvalue weighted by Gasteiger charge is -2.32. The zero-order valence-corrected chi connectivity index (χ0v) is 74.3. The molecule has 47 nitrogen and oxygen atoms in total. The Labute approximate surface area is 754 Å². The number of aromatic amines is 1. The van der Waals surface area contributed by atoms with Crippen LogP contribution in [0.4, 0.5) is 0 Å². The van der Waals surface area contributed by atoms with Gasteiger partial charge >= 0.3 is 17.9 Å². The van der Waals surface area contributed by atoms with Gasteiger partial charge in [-0.3, -0.25) is 101 Å². The number of hydrogen-bond acceptors (Lipinski definition) is 25. The number of amides is 18. The lowest BCUT2D eigenvalue weighted by Crippen LogP contribution is -2.62. The van der Waals surface area contributed by atoms with E-state index in [1.807, 2.05) is 0 Å². The van der Waals surface area contributed by atoms with Gasteiger partial charge in [0.15, 0.2) is 0 Å². The number of primary amides is 3. The molecule has 0 aliphatic carbocycles. The highest BCUT2D eigenvalue weighted by atomic mass is 16.4. The highest BCUT2D eigenvalue weighted by Gasteiger charge is 2.43. The number of fused-ring (bicyclic) bond motifs is 1. The molecule has 2 aromatic carbocycles. The number of aliphatic carboxylic acids is 3. The molecular weight excluding hydrogens is 1720 g/mol. The number of para-hydroxylation sites is 1. The third kappa shape index (κ3) is 38.1. The van der Waals surface area contributed by atoms with E-state index in [9.17, 15) is 122 Å². The van der Waals surface area contributed by atoms with Crippen molar-refractivity contribution in [2.45, 2.75) is 268 Å². The molecule has 724 valence electrons. The summed E-state index contributed by atoms with van der Waals surface area (Å²) in [5.74, 6) is -25.2. The lowest BCUT2D eigenvalue weighted by atomic mass is 9.98. The number of carbonyl (C=O) groups is 21. The molecule has 16 atom stereocenters. The first-order chi connectivity index (χ1) is 61.7. The van der Waals surface area contributed by atoms with Gasteiger partial charge in [-0.2, -0.15) is 0 Å². The van der Waals surface area contributed by atoms with Gasteiger partial charge < -0.3 is 138 Å². The second-order valence-corrected chi connectivity index (χ2v) is 33.2. The first-order valence-corrected chi connectivity index (χ1v) is 42.9. The van der Waals surface area contributed by atoms with E-state index in [-0.39, 0.29) is 76.3 Å². The van der Waals surface area contributed by atoms with Gasteiger partial charge in [-0.25, -0.2) is 0 Å². The van der Waals surface area contributed by atoms with Crippen molar-refractivity contribution in [1.29, 1.82) is 0 Å². The third-order valence-electron chi connectivity index (χ3n) is 20.8. The van der Waals surface area contributed by atoms with Crippen molar-refractivity contribution >= 4 is 135 Å². The maximum absolute atomic E-state index is 15.2. The monoisotopic (exact) mass is 1850 g/mol. The second-order valence-electron chi connectivity index (χ2n) is 33.2. The highest BCUT2D eigenvalue weighted by Crippen LogP contribution is 2.24. The minimum absolute atomic E-state index is 0.0175. The molecule has 1 aliphatic rings. The normalized spacial score (nSPS) is 15.8. The Morgan fingerprint density at radius 1 is 0.420 bits per heavy atom. The number of carbonyl (C=O) groups excluding carboxylic acids is 18. The zero-order chi connectivity index (χ0) is 98.2. The van der Waals surface area contributed by atoms with E-state index in [1.165, 1.54) is 29.2 Å². The van der Waals surface area contributed by atoms with Crippen molar-refractivity contribution in [3.8, 4) is 0 Å². The third-order valence-corrected chi connectivity index (χ3v) is 20.8. The molecule has 1 aromatic heterocycles. The molecule has 0 unspecified atom stereocenters. The smallest absolute Gasteiger partial charge is 0.305 e. The average molecular weight is 1850 g/mol. The Hall–Kier alpha value is -13.3. The molecule has 1 fully saturated rings. The van der Waals surface area contributed by atoms with Crippen molar-refractivity contribution in [1.82, 2.24) is 84.3 Å². The average Bonchev–Trinajstić information content (AvgIpc) is 1.69. The first-order valence-electron chi connectivity index (χ1n) is 42.9. The summed E-state index contributed by atoms with van der Waals surface area (Å²) >= 11 is 0. The molecule has 18 amide bonds. The summed E-state index contributed by atoms with van der Waals surface area (Å²) in [7, 11) is 0. The van der Waals surface area contributed by atoms with Crippen molar-refractivity contribution < 1.29 is 131 Å². The van der Waals surface area contributed by atoms with Crippen LogP contribution < -0.4 is 97.4 Å². The molecule has 1 saturated heterocycles. The predicted molar refractivity (Wildman–Crippen MR) is 464 cm³/mol. The van der Waals surface area contributed by atoms with Gasteiger partial charge in [-0.15, -0.1) is 0 Å². The molecule has 131 heavy (non-hydrogen) atoms. The standard InChI is InChI=1S/C84H126N20O27/c1-41(2)31-55(97-79(126)59(37-68(115)116)99-81(128)62(40-106)102-77(124)57(34-46-17-10-9-11-18-46)100-83(130)69(44(7)107)103-74(121)53(25-28-67(113)114)92-72(119)51(23-26-64(86)109)93-80(127)61(39-105)90-45(8)108)75(122)98-58(35-47-38-89-49-20-13-12-19-48(47)49)78(125)91-50(21-14-15-29-85)71(118)96-56(32-42(3)4)76(123)101-60(33-43(5)6)84(131)104-30-16-22-63(104)82(129)94-52(24-27-66(111)112)73(120)95-54(70(88)117)36-65(87)110/h9-13,17-20,38,41-44,50-63,69,89,105-107H,14-16,21-37,39-40,85H2,1-8H3,(H2,86,109)(H2,87,110)(H2,88,117)(H,90,108)(H,91,125)(H,92,119)(H,93,127)(H,94,129)(H,95,120)(H,96,118)(H,97,126)(H,98,122)(H,99,128)(H,100,130)(H,101,123)(H,102,124)(H,103,121)(H,111,112)(H,113,114)(H,115,116)/t44-,50+,51+,52+,53+,54+,55+,56+,57+,58+,59+,60+,61+,62+,63+,69+/m1/s1. The summed E-state index contributed by atoms with van der Waals surface area (Å²) in [6.07, 6.45) is -6.45. The van der Waals surface area contributed by atoms with E-state index in [0.29, 0.717) is 28.5 Å². The van der Waals surface area contributed by atoms with Crippen LogP contribution in [-0.2, 0) is 114 Å². The Morgan fingerprint density at radius 3 is 1.31 bits per heavy atom. The lowest BCUT2D eigenvalue weighted by molar-refractivity contribution is -0.143. The molecule has 0 spiro atoms. The number of likely N-dealkylation sites (tertiary alicyclic amines) is 1. The van der Waals surface area contributed by atoms with Gasteiger partial charge in [-0.05, 0) is 119 Å². The number of nitrogens with two attached hydrogens (primary N) is 4. The molecule has 29 N–H and O–H groups in total. The molecule has 0 bridgehead atoms. The van der Waals surface area contributed by atoms with Gasteiger partial charge in [0.2, 0.25) is 106 Å². The number of hydrogen-bond donors (Lipinski definition) is 25. The number of carboxylic acid groups (broad SMARTS) is 3. The molecule has 0 radical (unpaired) electrons. The summed E-state index contributed by atoms with van der Waals surface area (Å²) in [4.78, 5) is 289. The number of aromatic nitrogens is 1. The minimum Gasteiger partial charge on any atom is -0.481 e. The summed E-state index contributed by atoms with van der Waals surface area (Å²) in [5.41, 5.74) is 23.2. The number of benzene rings is 2. The van der Waals surface area contributed by atoms with E-state index in [2.05, 4.69) is 79.4 Å². The largest absolute Gasteiger partial charge is 0.481 e. The number of unbranched alkanes of at least 4 members (excludes halogenated alkanes) is 1. The van der Waals surface area contributed by atoms with Crippen LogP contribution in [0.25, 0.3) is 10.9 Å². The number of carboxylic acids is 3. The van der Waals surface area contributed by atoms with Crippen molar-refractivity contribution in [3.05, 3.63) is 71.9 Å². The van der Waals surface area contributed by atoms with Crippen LogP contribution in [0.15, 0.2) is 60.8 Å². The van der Waals surface area contributed by atoms with Crippen LogP contribution >= 0.6 is 0 Å². The number of aliphatic hydroxyl groups is 3.